The molecular weight excluding hydrogens is 414 g/mol. The number of likely N-dealkylation sites (tertiary alicyclic amines) is 1. The largest absolute Gasteiger partial charge is 0.454 e. The highest BCUT2D eigenvalue weighted by Crippen LogP contribution is 2.33. The van der Waals surface area contributed by atoms with E-state index in [9.17, 15) is 9.59 Å². The zero-order chi connectivity index (χ0) is 21.2. The van der Waals surface area contributed by atoms with Crippen molar-refractivity contribution in [1.82, 2.24) is 14.9 Å². The summed E-state index contributed by atoms with van der Waals surface area (Å²) in [5, 5.41) is 3.97. The smallest absolute Gasteiger partial charge is 0.251 e. The van der Waals surface area contributed by atoms with E-state index in [0.717, 1.165) is 41.3 Å². The van der Waals surface area contributed by atoms with Crippen LogP contribution in [-0.4, -0.2) is 40.7 Å². The van der Waals surface area contributed by atoms with Gasteiger partial charge in [0.2, 0.25) is 12.7 Å². The van der Waals surface area contributed by atoms with Gasteiger partial charge in [0, 0.05) is 42.4 Å². The Bertz CT molecular complexity index is 1130. The van der Waals surface area contributed by atoms with Crippen molar-refractivity contribution in [3.8, 4) is 22.8 Å². The van der Waals surface area contributed by atoms with Gasteiger partial charge in [-0.2, -0.15) is 11.3 Å². The maximum atomic E-state index is 12.7. The topological polar surface area (TPSA) is 84.5 Å². The maximum absolute atomic E-state index is 12.7. The molecule has 1 aromatic carbocycles. The summed E-state index contributed by atoms with van der Waals surface area (Å²) in [7, 11) is 0. The number of aryl methyl sites for hydroxylation is 1. The lowest BCUT2D eigenvalue weighted by molar-refractivity contribution is -0.132. The minimum absolute atomic E-state index is 0.131. The molecule has 0 atom stereocenters. The van der Waals surface area contributed by atoms with Gasteiger partial charge in [0.25, 0.3) is 5.56 Å². The summed E-state index contributed by atoms with van der Waals surface area (Å²) in [5.74, 6) is 2.54. The molecule has 3 aromatic rings. The number of carbonyl (C=O) groups excluding carboxylic acids is 1. The van der Waals surface area contributed by atoms with E-state index in [1.54, 1.807) is 17.4 Å². The molecule has 8 heteroatoms. The second-order valence-electron chi connectivity index (χ2n) is 7.87. The van der Waals surface area contributed by atoms with Crippen LogP contribution in [0.2, 0.25) is 0 Å². The Morgan fingerprint density at radius 2 is 2.00 bits per heavy atom. The van der Waals surface area contributed by atoms with E-state index in [4.69, 9.17) is 14.5 Å². The Kier molecular flexibility index (Phi) is 5.46. The molecule has 0 aliphatic carbocycles. The summed E-state index contributed by atoms with van der Waals surface area (Å²) in [6.45, 7) is 1.61. The van der Waals surface area contributed by atoms with Crippen LogP contribution in [0.4, 0.5) is 0 Å². The molecule has 0 saturated carbocycles. The molecule has 2 aliphatic rings. The number of H-pyrrole nitrogens is 1. The van der Waals surface area contributed by atoms with Crippen molar-refractivity contribution in [2.75, 3.05) is 19.9 Å². The third-order valence-electron chi connectivity index (χ3n) is 5.88. The number of carbonyl (C=O) groups is 1. The van der Waals surface area contributed by atoms with Crippen molar-refractivity contribution in [3.05, 3.63) is 62.8 Å². The lowest BCUT2D eigenvalue weighted by atomic mass is 9.95. The lowest BCUT2D eigenvalue weighted by Crippen LogP contribution is -2.38. The number of fused-ring (bicyclic) bond motifs is 1. The third kappa shape index (κ3) is 4.34. The number of rotatable bonds is 5. The summed E-state index contributed by atoms with van der Waals surface area (Å²) in [6.07, 6.45) is 2.73. The van der Waals surface area contributed by atoms with Gasteiger partial charge in [-0.25, -0.2) is 4.98 Å². The molecule has 2 aromatic heterocycles. The summed E-state index contributed by atoms with van der Waals surface area (Å²) >= 11 is 1.58. The van der Waals surface area contributed by atoms with Crippen LogP contribution in [0.15, 0.2) is 45.9 Å². The van der Waals surface area contributed by atoms with Crippen molar-refractivity contribution in [3.63, 3.8) is 0 Å². The first-order valence-electron chi connectivity index (χ1n) is 10.5. The molecule has 1 amide bonds. The summed E-state index contributed by atoms with van der Waals surface area (Å²) in [6, 6.07) is 9.34. The zero-order valence-corrected chi connectivity index (χ0v) is 17.8. The number of benzene rings is 1. The summed E-state index contributed by atoms with van der Waals surface area (Å²) in [5.41, 5.74) is 2.61. The van der Waals surface area contributed by atoms with Gasteiger partial charge < -0.3 is 19.4 Å². The Balaban J connectivity index is 1.18. The second-order valence-corrected chi connectivity index (χ2v) is 8.65. The van der Waals surface area contributed by atoms with E-state index < -0.39 is 0 Å². The average Bonchev–Trinajstić information content (AvgIpc) is 3.49. The molecule has 0 unspecified atom stereocenters. The molecule has 160 valence electrons. The normalized spacial score (nSPS) is 15.9. The van der Waals surface area contributed by atoms with E-state index >= 15 is 0 Å². The van der Waals surface area contributed by atoms with E-state index in [0.29, 0.717) is 31.6 Å². The molecule has 0 spiro atoms. The van der Waals surface area contributed by atoms with Gasteiger partial charge in [0.1, 0.15) is 5.82 Å². The fourth-order valence-corrected chi connectivity index (χ4v) is 4.79. The molecule has 0 radical (unpaired) electrons. The Labute approximate surface area is 183 Å². The summed E-state index contributed by atoms with van der Waals surface area (Å²) in [4.78, 5) is 34.4. The van der Waals surface area contributed by atoms with Gasteiger partial charge >= 0.3 is 0 Å². The van der Waals surface area contributed by atoms with Gasteiger partial charge in [-0.15, -0.1) is 0 Å². The number of hydrogen-bond acceptors (Lipinski definition) is 6. The van der Waals surface area contributed by atoms with Gasteiger partial charge in [-0.05, 0) is 48.4 Å². The molecule has 7 nitrogen and oxygen atoms in total. The monoisotopic (exact) mass is 437 g/mol. The van der Waals surface area contributed by atoms with Crippen LogP contribution < -0.4 is 15.0 Å². The van der Waals surface area contributed by atoms with Crippen molar-refractivity contribution in [1.29, 1.82) is 0 Å². The maximum Gasteiger partial charge on any atom is 0.251 e. The third-order valence-corrected chi connectivity index (χ3v) is 6.56. The quantitative estimate of drug-likeness (QED) is 0.660. The van der Waals surface area contributed by atoms with Crippen molar-refractivity contribution >= 4 is 17.2 Å². The minimum Gasteiger partial charge on any atom is -0.454 e. The van der Waals surface area contributed by atoms with E-state index in [2.05, 4.69) is 4.98 Å². The van der Waals surface area contributed by atoms with Crippen LogP contribution in [-0.2, 0) is 11.2 Å². The molecule has 1 saturated heterocycles. The molecule has 1 fully saturated rings. The minimum atomic E-state index is -0.131. The molecule has 5 rings (SSSR count). The lowest BCUT2D eigenvalue weighted by Gasteiger charge is -2.31. The van der Waals surface area contributed by atoms with Crippen LogP contribution in [0, 0.1) is 0 Å². The predicted molar refractivity (Wildman–Crippen MR) is 118 cm³/mol. The van der Waals surface area contributed by atoms with Crippen LogP contribution >= 0.6 is 11.3 Å². The zero-order valence-electron chi connectivity index (χ0n) is 17.0. The average molecular weight is 438 g/mol. The molecule has 31 heavy (non-hydrogen) atoms. The molecule has 4 heterocycles. The molecule has 2 aliphatic heterocycles. The Hall–Kier alpha value is -3.13. The number of piperidine rings is 1. The Morgan fingerprint density at radius 1 is 1.16 bits per heavy atom. The number of thiophene rings is 1. The first-order chi connectivity index (χ1) is 15.2. The molecular formula is C23H23N3O4S. The van der Waals surface area contributed by atoms with Crippen LogP contribution in [0.5, 0.6) is 11.5 Å². The number of nitrogens with one attached hydrogen (secondary N) is 1. The van der Waals surface area contributed by atoms with E-state index in [1.165, 1.54) is 0 Å². The Morgan fingerprint density at radius 3 is 2.81 bits per heavy atom. The number of aromatic amines is 1. The number of aromatic nitrogens is 2. The van der Waals surface area contributed by atoms with E-state index in [1.807, 2.05) is 39.9 Å². The van der Waals surface area contributed by atoms with Crippen LogP contribution in [0.25, 0.3) is 11.3 Å². The highest BCUT2D eigenvalue weighted by molar-refractivity contribution is 7.08. The fraction of sp³-hybridized carbons (Fsp3) is 0.348. The van der Waals surface area contributed by atoms with Crippen LogP contribution in [0.1, 0.15) is 36.6 Å². The summed E-state index contributed by atoms with van der Waals surface area (Å²) < 4.78 is 10.7. The first-order valence-corrected chi connectivity index (χ1v) is 11.4. The van der Waals surface area contributed by atoms with Gasteiger partial charge in [0.05, 0.1) is 5.69 Å². The predicted octanol–water partition coefficient (Wildman–Crippen LogP) is 3.57. The van der Waals surface area contributed by atoms with Gasteiger partial charge in [-0.1, -0.05) is 6.07 Å². The molecule has 0 bridgehead atoms. The number of nitrogens with zero attached hydrogens (tertiary/aromatic N) is 2. The van der Waals surface area contributed by atoms with E-state index in [-0.39, 0.29) is 24.2 Å². The highest BCUT2D eigenvalue weighted by atomic mass is 32.1. The number of hydrogen-bond donors (Lipinski definition) is 1. The number of ether oxygens (including phenoxy) is 2. The van der Waals surface area contributed by atoms with Crippen LogP contribution in [0.3, 0.4) is 0 Å². The first kappa shape index (κ1) is 19.8. The highest BCUT2D eigenvalue weighted by Gasteiger charge is 2.25. The van der Waals surface area contributed by atoms with Crippen molar-refractivity contribution in [2.24, 2.45) is 0 Å². The van der Waals surface area contributed by atoms with Crippen molar-refractivity contribution < 1.29 is 14.3 Å². The number of amides is 1. The molecule has 1 N–H and O–H groups in total. The standard InChI is InChI=1S/C23H23N3O4S/c27-21-12-18(17-7-10-31-13-17)24-23(25-21)16-5-8-26(9-6-16)22(28)4-2-15-1-3-19-20(11-15)30-14-29-19/h1,3,7,10-13,16H,2,4-6,8-9,14H2,(H,24,25,27). The SMILES string of the molecule is O=C(CCc1ccc2c(c1)OCO2)N1CCC(c2nc(-c3ccsc3)cc(=O)[nH]2)CC1. The fourth-order valence-electron chi connectivity index (χ4n) is 4.14. The van der Waals surface area contributed by atoms with Gasteiger partial charge in [-0.3, -0.25) is 9.59 Å². The van der Waals surface area contributed by atoms with Crippen molar-refractivity contribution in [2.45, 2.75) is 31.6 Å². The van der Waals surface area contributed by atoms with Gasteiger partial charge in [0.15, 0.2) is 11.5 Å². The second kappa shape index (κ2) is 8.55.